The van der Waals surface area contributed by atoms with E-state index in [0.29, 0.717) is 12.3 Å². The second kappa shape index (κ2) is 6.14. The smallest absolute Gasteiger partial charge is 0.272 e. The third-order valence-corrected chi connectivity index (χ3v) is 5.21. The number of carbonyl (C=O) groups excluding carboxylic acids is 1. The Morgan fingerprint density at radius 1 is 1.46 bits per heavy atom. The van der Waals surface area contributed by atoms with Crippen LogP contribution in [-0.4, -0.2) is 44.7 Å². The lowest BCUT2D eigenvalue weighted by molar-refractivity contribution is 0.0753. The molecule has 8 heteroatoms. The number of carbonyl (C=O) groups is 1. The number of fused-ring (bicyclic) bond motifs is 3. The van der Waals surface area contributed by atoms with Crippen molar-refractivity contribution < 1.29 is 23.8 Å². The number of rotatable bonds is 5. The predicted molar refractivity (Wildman–Crippen MR) is 88.1 cm³/mol. The number of benzene rings is 1. The minimum atomic E-state index is -0.929. The van der Waals surface area contributed by atoms with Crippen LogP contribution in [0.15, 0.2) is 18.2 Å². The Morgan fingerprint density at radius 3 is 2.88 bits per heavy atom. The van der Waals surface area contributed by atoms with Crippen LogP contribution in [0.25, 0.3) is 5.69 Å². The summed E-state index contributed by atoms with van der Waals surface area (Å²) in [5.41, 5.74) is 1.82. The molecule has 2 aliphatic rings. The molecule has 138 valence electrons. The third kappa shape index (κ3) is 2.69. The summed E-state index contributed by atoms with van der Waals surface area (Å²) in [5, 5.41) is 25.8. The fraction of sp³-hybridized carbons (Fsp3) is 0.444. The zero-order valence-electron chi connectivity index (χ0n) is 14.1. The van der Waals surface area contributed by atoms with Crippen LogP contribution >= 0.6 is 0 Å². The van der Waals surface area contributed by atoms with Gasteiger partial charge in [-0.25, -0.2) is 13.5 Å². The Balaban J connectivity index is 1.74. The third-order valence-electron chi connectivity index (χ3n) is 5.21. The molecular weight excluding hydrogens is 344 g/mol. The molecule has 0 spiro atoms. The molecule has 1 saturated carbocycles. The second-order valence-electron chi connectivity index (χ2n) is 7.03. The Hall–Kier alpha value is -2.32. The van der Waals surface area contributed by atoms with Crippen molar-refractivity contribution in [2.45, 2.75) is 37.8 Å². The van der Waals surface area contributed by atoms with Crippen LogP contribution in [0.5, 0.6) is 0 Å². The number of aliphatic hydroxyl groups excluding tert-OH is 2. The number of halogens is 2. The molecule has 4 rings (SSSR count). The lowest BCUT2D eigenvalue weighted by atomic mass is 10.1. The maximum atomic E-state index is 14.3. The minimum absolute atomic E-state index is 0.100. The second-order valence-corrected chi connectivity index (χ2v) is 7.03. The van der Waals surface area contributed by atoms with Crippen molar-refractivity contribution in [1.29, 1.82) is 0 Å². The van der Waals surface area contributed by atoms with E-state index in [1.165, 1.54) is 17.7 Å². The first-order valence-corrected chi connectivity index (χ1v) is 8.57. The van der Waals surface area contributed by atoms with Crippen molar-refractivity contribution in [3.05, 3.63) is 46.8 Å². The summed E-state index contributed by atoms with van der Waals surface area (Å²) in [4.78, 5) is 12.6. The van der Waals surface area contributed by atoms with Gasteiger partial charge in [0.1, 0.15) is 11.5 Å². The van der Waals surface area contributed by atoms with Gasteiger partial charge in [0.2, 0.25) is 0 Å². The molecule has 26 heavy (non-hydrogen) atoms. The van der Waals surface area contributed by atoms with Gasteiger partial charge in [0.05, 0.1) is 24.4 Å². The Bertz CT molecular complexity index is 881. The highest BCUT2D eigenvalue weighted by atomic mass is 19.1. The number of aromatic nitrogens is 2. The first-order valence-electron chi connectivity index (χ1n) is 8.57. The van der Waals surface area contributed by atoms with Crippen LogP contribution in [0.1, 0.15) is 41.0 Å². The maximum absolute atomic E-state index is 14.3. The summed E-state index contributed by atoms with van der Waals surface area (Å²) in [7, 11) is 0. The standard InChI is InChI=1S/C18H19F2N3O3/c1-8(25)14(7-24)21-18(26)16-12-5-9-4-11(9)17(12)23(22-16)15-3-2-10(19)6-13(15)20/h2-3,6,8-9,11,14,24-25H,4-5,7H2,1H3,(H,21,26)/t8-,9-,11-,14-/m1/s1. The van der Waals surface area contributed by atoms with Crippen molar-refractivity contribution in [3.63, 3.8) is 0 Å². The maximum Gasteiger partial charge on any atom is 0.272 e. The van der Waals surface area contributed by atoms with Gasteiger partial charge in [-0.15, -0.1) is 0 Å². The molecule has 1 fully saturated rings. The summed E-state index contributed by atoms with van der Waals surface area (Å²) in [6, 6.07) is 2.43. The van der Waals surface area contributed by atoms with E-state index in [9.17, 15) is 23.8 Å². The average molecular weight is 363 g/mol. The largest absolute Gasteiger partial charge is 0.394 e. The van der Waals surface area contributed by atoms with Crippen molar-refractivity contribution in [2.75, 3.05) is 6.61 Å². The number of amides is 1. The first-order chi connectivity index (χ1) is 12.4. The zero-order valence-corrected chi connectivity index (χ0v) is 14.1. The Labute approximate surface area is 148 Å². The zero-order chi connectivity index (χ0) is 18.6. The molecule has 1 heterocycles. The quantitative estimate of drug-likeness (QED) is 0.747. The lowest BCUT2D eigenvalue weighted by Gasteiger charge is -2.18. The molecule has 0 saturated heterocycles. The van der Waals surface area contributed by atoms with Gasteiger partial charge >= 0.3 is 0 Å². The van der Waals surface area contributed by atoms with E-state index in [1.54, 1.807) is 0 Å². The first kappa shape index (κ1) is 17.1. The fourth-order valence-corrected chi connectivity index (χ4v) is 3.69. The van der Waals surface area contributed by atoms with E-state index in [0.717, 1.165) is 29.8 Å². The molecule has 1 amide bonds. The van der Waals surface area contributed by atoms with Crippen LogP contribution in [0.3, 0.4) is 0 Å². The molecule has 0 aliphatic heterocycles. The number of hydrogen-bond acceptors (Lipinski definition) is 4. The summed E-state index contributed by atoms with van der Waals surface area (Å²) in [6.07, 6.45) is 0.724. The van der Waals surface area contributed by atoms with Crippen LogP contribution < -0.4 is 5.32 Å². The SMILES string of the molecule is C[C@@H](O)[C@@H](CO)NC(=O)c1nn(-c2ccc(F)cc2F)c2c1C[C@H]1C[C@@H]21. The van der Waals surface area contributed by atoms with Crippen LogP contribution in [-0.2, 0) is 6.42 Å². The molecule has 0 bridgehead atoms. The number of aliphatic hydroxyl groups is 2. The van der Waals surface area contributed by atoms with Crippen molar-refractivity contribution in [3.8, 4) is 5.69 Å². The van der Waals surface area contributed by atoms with E-state index in [4.69, 9.17) is 0 Å². The molecule has 2 aliphatic carbocycles. The van der Waals surface area contributed by atoms with Crippen molar-refractivity contribution in [2.24, 2.45) is 5.92 Å². The fourth-order valence-electron chi connectivity index (χ4n) is 3.69. The predicted octanol–water partition coefficient (Wildman–Crippen LogP) is 1.28. The molecule has 2 aromatic rings. The van der Waals surface area contributed by atoms with Crippen molar-refractivity contribution >= 4 is 5.91 Å². The van der Waals surface area contributed by atoms with E-state index in [2.05, 4.69) is 10.4 Å². The monoisotopic (exact) mass is 363 g/mol. The average Bonchev–Trinajstić information content (AvgIpc) is 3.09. The molecule has 6 nitrogen and oxygen atoms in total. The van der Waals surface area contributed by atoms with Gasteiger partial charge in [0.15, 0.2) is 11.5 Å². The normalized spacial score (nSPS) is 22.5. The van der Waals surface area contributed by atoms with Gasteiger partial charge in [-0.05, 0) is 37.8 Å². The van der Waals surface area contributed by atoms with Gasteiger partial charge in [-0.2, -0.15) is 5.10 Å². The topological polar surface area (TPSA) is 87.4 Å². The highest BCUT2D eigenvalue weighted by Gasteiger charge is 2.50. The molecular formula is C18H19F2N3O3. The van der Waals surface area contributed by atoms with Gasteiger partial charge < -0.3 is 15.5 Å². The van der Waals surface area contributed by atoms with Crippen LogP contribution in [0, 0.1) is 17.6 Å². The van der Waals surface area contributed by atoms with Crippen molar-refractivity contribution in [1.82, 2.24) is 15.1 Å². The summed E-state index contributed by atoms with van der Waals surface area (Å²) >= 11 is 0. The van der Waals surface area contributed by atoms with Gasteiger partial charge in [-0.3, -0.25) is 4.79 Å². The van der Waals surface area contributed by atoms with Crippen LogP contribution in [0.4, 0.5) is 8.78 Å². The van der Waals surface area contributed by atoms with E-state index in [1.807, 2.05) is 0 Å². The Kier molecular flexibility index (Phi) is 4.04. The Morgan fingerprint density at radius 2 is 2.23 bits per heavy atom. The van der Waals surface area contributed by atoms with Crippen LogP contribution in [0.2, 0.25) is 0 Å². The van der Waals surface area contributed by atoms with E-state index < -0.39 is 36.3 Å². The highest BCUT2D eigenvalue weighted by Crippen LogP contribution is 2.57. The minimum Gasteiger partial charge on any atom is -0.394 e. The van der Waals surface area contributed by atoms with Gasteiger partial charge in [0.25, 0.3) is 5.91 Å². The molecule has 1 aromatic heterocycles. The summed E-state index contributed by atoms with van der Waals surface area (Å²) in [6.45, 7) is 1.05. The number of nitrogens with zero attached hydrogens (tertiary/aromatic N) is 2. The van der Waals surface area contributed by atoms with E-state index >= 15 is 0 Å². The summed E-state index contributed by atoms with van der Waals surface area (Å²) < 4.78 is 28.9. The molecule has 4 atom stereocenters. The van der Waals surface area contributed by atoms with E-state index in [-0.39, 0.29) is 17.3 Å². The molecule has 3 N–H and O–H groups in total. The van der Waals surface area contributed by atoms with Gasteiger partial charge in [0, 0.05) is 17.5 Å². The summed E-state index contributed by atoms with van der Waals surface area (Å²) in [5.74, 6) is -1.30. The highest BCUT2D eigenvalue weighted by molar-refractivity contribution is 5.94. The van der Waals surface area contributed by atoms with Gasteiger partial charge in [-0.1, -0.05) is 0 Å². The molecule has 0 radical (unpaired) electrons. The molecule has 1 aromatic carbocycles. The number of hydrogen-bond donors (Lipinski definition) is 3. The number of nitrogens with one attached hydrogen (secondary N) is 1. The lowest BCUT2D eigenvalue weighted by Crippen LogP contribution is -2.45. The molecule has 0 unspecified atom stereocenters.